The lowest BCUT2D eigenvalue weighted by molar-refractivity contribution is 0.590. The molecule has 68 heavy (non-hydrogen) atoms. The lowest BCUT2D eigenvalue weighted by Gasteiger charge is -2.30. The topological polar surface area (TPSA) is 8.17 Å². The van der Waals surface area contributed by atoms with Crippen molar-refractivity contribution in [2.45, 2.75) is 52.4 Å². The third-order valence-corrected chi connectivity index (χ3v) is 14.3. The molecule has 0 saturated heterocycles. The van der Waals surface area contributed by atoms with Crippen LogP contribution in [0, 0.1) is 0 Å². The average molecular weight is 875 g/mol. The number of para-hydroxylation sites is 1. The summed E-state index contributed by atoms with van der Waals surface area (Å²) in [7, 11) is 0. The van der Waals surface area contributed by atoms with Crippen molar-refractivity contribution >= 4 is 71.2 Å². The van der Waals surface area contributed by atoms with E-state index in [1.165, 1.54) is 104 Å². The van der Waals surface area contributed by atoms with Crippen LogP contribution in [0.1, 0.15) is 52.7 Å². The molecule has 11 aromatic carbocycles. The summed E-state index contributed by atoms with van der Waals surface area (Å²) in [5.41, 5.74) is 16.9. The number of benzene rings is 11. The summed E-state index contributed by atoms with van der Waals surface area (Å²) in [6.07, 6.45) is 0. The molecule has 0 radical (unpaired) electrons. The van der Waals surface area contributed by atoms with Gasteiger partial charge in [0, 0.05) is 32.8 Å². The van der Waals surface area contributed by atoms with Gasteiger partial charge in [-0.3, -0.25) is 0 Å². The normalized spacial score (nSPS) is 12.3. The minimum absolute atomic E-state index is 0.0262. The van der Waals surface area contributed by atoms with Crippen LogP contribution in [0.25, 0.3) is 93.2 Å². The van der Waals surface area contributed by atoms with Crippen LogP contribution in [-0.4, -0.2) is 4.57 Å². The van der Waals surface area contributed by atoms with E-state index in [0.29, 0.717) is 0 Å². The summed E-state index contributed by atoms with van der Waals surface area (Å²) in [6.45, 7) is 13.9. The highest BCUT2D eigenvalue weighted by Crippen LogP contribution is 2.49. The molecule has 0 atom stereocenters. The van der Waals surface area contributed by atoms with Gasteiger partial charge in [-0.05, 0) is 126 Å². The van der Waals surface area contributed by atoms with E-state index in [4.69, 9.17) is 0 Å². The first-order chi connectivity index (χ1) is 33.0. The second-order valence-corrected chi connectivity index (χ2v) is 20.6. The van der Waals surface area contributed by atoms with Crippen LogP contribution in [0.5, 0.6) is 0 Å². The lowest BCUT2D eigenvalue weighted by Crippen LogP contribution is -2.12. The van der Waals surface area contributed by atoms with Gasteiger partial charge in [-0.1, -0.05) is 205 Å². The molecule has 0 saturated carbocycles. The number of nitrogens with zero attached hydrogens (tertiary/aromatic N) is 2. The van der Waals surface area contributed by atoms with Crippen LogP contribution in [0.4, 0.5) is 17.1 Å². The number of anilines is 3. The minimum atomic E-state index is 0.0262. The molecule has 0 amide bonds. The monoisotopic (exact) mass is 874 g/mol. The van der Waals surface area contributed by atoms with Crippen LogP contribution in [-0.2, 0) is 10.8 Å². The van der Waals surface area contributed by atoms with Crippen molar-refractivity contribution in [2.24, 2.45) is 0 Å². The number of aromatic nitrogens is 1. The Bertz CT molecular complexity index is 3790. The number of fused-ring (bicyclic) bond motifs is 3. The lowest BCUT2D eigenvalue weighted by atomic mass is 9.85. The van der Waals surface area contributed by atoms with Gasteiger partial charge in [0.15, 0.2) is 0 Å². The third-order valence-electron chi connectivity index (χ3n) is 14.3. The molecule has 0 aliphatic heterocycles. The maximum atomic E-state index is 2.53. The Balaban J connectivity index is 1.11. The Kier molecular flexibility index (Phi) is 9.67. The van der Waals surface area contributed by atoms with Crippen molar-refractivity contribution in [3.63, 3.8) is 0 Å². The molecule has 0 N–H and O–H groups in total. The van der Waals surface area contributed by atoms with E-state index in [2.05, 4.69) is 269 Å². The highest BCUT2D eigenvalue weighted by molar-refractivity contribution is 6.27. The van der Waals surface area contributed by atoms with Gasteiger partial charge in [0.2, 0.25) is 0 Å². The van der Waals surface area contributed by atoms with Crippen molar-refractivity contribution in [3.8, 4) is 39.1 Å². The summed E-state index contributed by atoms with van der Waals surface area (Å²) in [4.78, 5) is 2.50. The van der Waals surface area contributed by atoms with Gasteiger partial charge in [0.25, 0.3) is 0 Å². The molecule has 2 heteroatoms. The van der Waals surface area contributed by atoms with Crippen molar-refractivity contribution in [1.82, 2.24) is 4.57 Å². The predicted molar refractivity (Wildman–Crippen MR) is 293 cm³/mol. The molecular weight excluding hydrogens is 821 g/mol. The number of rotatable bonds is 7. The maximum Gasteiger partial charge on any atom is 0.0541 e. The second kappa shape index (κ2) is 15.9. The Morgan fingerprint density at radius 2 is 0.824 bits per heavy atom. The molecule has 12 aromatic rings. The van der Waals surface area contributed by atoms with Gasteiger partial charge in [0.05, 0.1) is 28.1 Å². The fourth-order valence-electron chi connectivity index (χ4n) is 10.7. The molecule has 0 fully saturated rings. The SMILES string of the molecule is CC(C)(C)c1ccc2c(c1)c1cc(C(C)(C)C)ccc1n2-c1ccc2ccc3c(N(c4cccc(-c5ccccc5-c5ccccc5)c4)c4ccccc4-c4ccccc4)ccc4ccc1c2c43. The van der Waals surface area contributed by atoms with Crippen LogP contribution in [0.15, 0.2) is 218 Å². The number of hydrogen-bond acceptors (Lipinski definition) is 1. The molecule has 1 heterocycles. The molecule has 0 unspecified atom stereocenters. The molecule has 2 nitrogen and oxygen atoms in total. The van der Waals surface area contributed by atoms with Crippen molar-refractivity contribution in [2.75, 3.05) is 4.90 Å². The van der Waals surface area contributed by atoms with E-state index in [9.17, 15) is 0 Å². The van der Waals surface area contributed by atoms with Gasteiger partial charge in [0.1, 0.15) is 0 Å². The van der Waals surface area contributed by atoms with Gasteiger partial charge in [-0.2, -0.15) is 0 Å². The van der Waals surface area contributed by atoms with E-state index in [0.717, 1.165) is 17.1 Å². The van der Waals surface area contributed by atoms with Gasteiger partial charge in [-0.15, -0.1) is 0 Å². The molecule has 1 aromatic heterocycles. The molecule has 0 aliphatic rings. The summed E-state index contributed by atoms with van der Waals surface area (Å²) in [6, 6.07) is 81.3. The predicted octanol–water partition coefficient (Wildman–Crippen LogP) is 18.7. The van der Waals surface area contributed by atoms with Crippen molar-refractivity contribution < 1.29 is 0 Å². The Labute approximate surface area is 399 Å². The Hall–Kier alpha value is -7.94. The number of hydrogen-bond donors (Lipinski definition) is 0. The molecular formula is C66H54N2. The summed E-state index contributed by atoms with van der Waals surface area (Å²) < 4.78 is 2.53. The largest absolute Gasteiger partial charge is 0.309 e. The maximum absolute atomic E-state index is 2.53. The highest BCUT2D eigenvalue weighted by Gasteiger charge is 2.25. The summed E-state index contributed by atoms with van der Waals surface area (Å²) in [5.74, 6) is 0. The molecule has 0 bridgehead atoms. The first-order valence-electron chi connectivity index (χ1n) is 24.0. The van der Waals surface area contributed by atoms with Gasteiger partial charge < -0.3 is 9.47 Å². The zero-order chi connectivity index (χ0) is 46.3. The fourth-order valence-corrected chi connectivity index (χ4v) is 10.7. The average Bonchev–Trinajstić information content (AvgIpc) is 3.69. The minimum Gasteiger partial charge on any atom is -0.309 e. The quantitative estimate of drug-likeness (QED) is 0.145. The molecule has 12 rings (SSSR count). The third kappa shape index (κ3) is 6.86. The summed E-state index contributed by atoms with van der Waals surface area (Å²) >= 11 is 0. The first-order valence-corrected chi connectivity index (χ1v) is 24.0. The first kappa shape index (κ1) is 41.5. The van der Waals surface area contributed by atoms with E-state index in [1.54, 1.807) is 0 Å². The summed E-state index contributed by atoms with van der Waals surface area (Å²) in [5, 5.41) is 10.1. The van der Waals surface area contributed by atoms with Gasteiger partial charge in [-0.25, -0.2) is 0 Å². The fraction of sp³-hybridized carbons (Fsp3) is 0.121. The zero-order valence-electron chi connectivity index (χ0n) is 39.7. The van der Waals surface area contributed by atoms with Crippen LogP contribution >= 0.6 is 0 Å². The standard InChI is InChI=1S/C66H54N2/c1-65(2,3)48-32-38-61-56(41-48)57-42-49(66(4,5)6)33-39-62(57)68(61)60-37-31-46-28-34-54-59(36-30-45-29-35-55(60)64(46)63(45)54)67(58-27-16-15-26-53(58)44-20-11-8-12-21-44)50-23-17-22-47(40-50)52-25-14-13-24-51(52)43-18-9-7-10-19-43/h7-42H,1-6H3. The van der Waals surface area contributed by atoms with E-state index in [-0.39, 0.29) is 10.8 Å². The molecule has 0 spiro atoms. The van der Waals surface area contributed by atoms with Crippen molar-refractivity contribution in [1.29, 1.82) is 0 Å². The van der Waals surface area contributed by atoms with Gasteiger partial charge >= 0.3 is 0 Å². The zero-order valence-corrected chi connectivity index (χ0v) is 39.7. The second-order valence-electron chi connectivity index (χ2n) is 20.6. The van der Waals surface area contributed by atoms with E-state index >= 15 is 0 Å². The van der Waals surface area contributed by atoms with Crippen LogP contribution in [0.2, 0.25) is 0 Å². The van der Waals surface area contributed by atoms with Crippen molar-refractivity contribution in [3.05, 3.63) is 230 Å². The van der Waals surface area contributed by atoms with Crippen LogP contribution < -0.4 is 4.90 Å². The molecule has 328 valence electrons. The van der Waals surface area contributed by atoms with E-state index in [1.807, 2.05) is 0 Å². The molecule has 0 aliphatic carbocycles. The highest BCUT2D eigenvalue weighted by atomic mass is 15.1. The van der Waals surface area contributed by atoms with Crippen LogP contribution in [0.3, 0.4) is 0 Å². The van der Waals surface area contributed by atoms with E-state index < -0.39 is 0 Å². The smallest absolute Gasteiger partial charge is 0.0541 e. The Morgan fingerprint density at radius 3 is 1.44 bits per heavy atom. The Morgan fingerprint density at radius 1 is 0.338 bits per heavy atom.